The van der Waals surface area contributed by atoms with Gasteiger partial charge in [0.2, 0.25) is 41.6 Å². The summed E-state index contributed by atoms with van der Waals surface area (Å²) in [6, 6.07) is 5.82. The van der Waals surface area contributed by atoms with Crippen LogP contribution in [0.15, 0.2) is 78.9 Å². The summed E-state index contributed by atoms with van der Waals surface area (Å²) in [5, 5.41) is 117. The Morgan fingerprint density at radius 3 is 1.97 bits per heavy atom. The van der Waals surface area contributed by atoms with Crippen molar-refractivity contribution in [1.29, 1.82) is 0 Å². The molecule has 2 fully saturated rings. The largest absolute Gasteiger partial charge is 0.507 e. The molecule has 0 spiro atoms. The van der Waals surface area contributed by atoms with Crippen LogP contribution in [0.25, 0.3) is 11.1 Å². The summed E-state index contributed by atoms with van der Waals surface area (Å²) >= 11 is 14.3. The quantitative estimate of drug-likeness (QED) is 0.0360. The molecule has 12 rings (SSSR count). The van der Waals surface area contributed by atoms with E-state index in [4.69, 9.17) is 67.8 Å². The Labute approximate surface area is 654 Å². The number of rotatable bonds is 21. The molecule has 6 amide bonds. The zero-order valence-corrected chi connectivity index (χ0v) is 63.8. The van der Waals surface area contributed by atoms with E-state index in [1.165, 1.54) is 38.1 Å². The Balaban J connectivity index is 1.20. The number of aliphatic hydroxyl groups is 6. The van der Waals surface area contributed by atoms with Crippen LogP contribution in [0.5, 0.6) is 46.0 Å². The Morgan fingerprint density at radius 1 is 0.723 bits per heavy atom. The van der Waals surface area contributed by atoms with Gasteiger partial charge in [-0.1, -0.05) is 101 Å². The molecule has 5 aromatic carbocycles. The Kier molecular flexibility index (Phi) is 27.9. The maximum Gasteiger partial charge on any atom is 0.412 e. The standard InChI is InChI=1S/C78H95Cl2N7O25/c1-7-9-10-11-12-13-20-83-77(105)107-42-29-45-59(49(90)30-42)44-22-37(14-17-48(44)89)43-31-51(92)60-40-26-54(108-52-18-15-38(23-46(52)79)64(94)62(86-71(99)36(8-2)21-34(3)4)50(91)25-41(28-57(81)93)72(100)84-60)68(112-76-69(67(97)66(96)56(33-88)110-76)111-58-32-78(6,82)70(98)35(5)106-58)55(27-40)109-53-19-16-39(24-47(53)80)65(95)63(87-73(43)101)74(102)85-61(45)75(103)104/h14-19,22-24,26-27,29-30,34-36,41,43,56,58,60-67,69-70,76,88-90,94-98H,7-13,20-21,25,28,31-33,82H2,1-6H3,(H2,81,93)(H,83,105)(H,84,100)(H,85,102)(H,86,99)(H,87,101)(H,103,104)/t35-,36+,41-,43+,56+,58-,60+,61-,62-,63-,64+,65+,66+,67-,69+,70+,76-,78-/m0/s1. The molecule has 34 heteroatoms. The molecule has 18 N–H and O–H groups in total. The number of phenols is 2. The molecule has 606 valence electrons. The van der Waals surface area contributed by atoms with E-state index in [0.29, 0.717) is 12.8 Å². The number of Topliss-reactive ketones (excluding diaryl/α,β-unsaturated/α-hetero) is 2. The third kappa shape index (κ3) is 19.7. The van der Waals surface area contributed by atoms with Crippen LogP contribution in [0.1, 0.15) is 177 Å². The summed E-state index contributed by atoms with van der Waals surface area (Å²) in [5.41, 5.74) is 8.50. The van der Waals surface area contributed by atoms with E-state index in [1.54, 1.807) is 6.92 Å². The number of hydrogen-bond donors (Lipinski definition) is 16. The minimum absolute atomic E-state index is 0.0231. The lowest BCUT2D eigenvalue weighted by Gasteiger charge is -2.47. The molecule has 112 heavy (non-hydrogen) atoms. The number of aliphatic hydroxyl groups excluding tert-OH is 6. The van der Waals surface area contributed by atoms with Crippen molar-refractivity contribution >= 4 is 76.4 Å². The number of ketones is 2. The van der Waals surface area contributed by atoms with E-state index < -0.39 is 244 Å². The fraction of sp³-hybridized carbons (Fsp3) is 0.500. The van der Waals surface area contributed by atoms with Crippen LogP contribution >= 0.6 is 23.2 Å². The van der Waals surface area contributed by atoms with Gasteiger partial charge in [0.15, 0.2) is 41.5 Å². The number of aromatic hydroxyl groups is 2. The molecular weight excluding hydrogens is 1510 g/mol. The van der Waals surface area contributed by atoms with Crippen molar-refractivity contribution in [2.75, 3.05) is 13.2 Å². The summed E-state index contributed by atoms with van der Waals surface area (Å²) in [7, 11) is 0. The van der Waals surface area contributed by atoms with Crippen LogP contribution < -0.4 is 57.0 Å². The molecule has 5 aromatic rings. The number of carboxylic acid groups (broad SMARTS) is 1. The zero-order valence-electron chi connectivity index (χ0n) is 62.3. The van der Waals surface area contributed by atoms with Crippen LogP contribution in [-0.4, -0.2) is 179 Å². The molecule has 18 atom stereocenters. The number of aliphatic carboxylic acids is 1. The number of phenolic OH excluding ortho intramolecular Hbond substituents is 2. The topological polar surface area (TPSA) is 513 Å². The van der Waals surface area contributed by atoms with Gasteiger partial charge < -0.3 is 117 Å². The van der Waals surface area contributed by atoms with E-state index in [1.807, 2.05) is 13.8 Å². The van der Waals surface area contributed by atoms with Crippen LogP contribution in [0.4, 0.5) is 4.79 Å². The zero-order chi connectivity index (χ0) is 81.5. The predicted molar refractivity (Wildman–Crippen MR) is 399 cm³/mol. The number of carboxylic acids is 1. The highest BCUT2D eigenvalue weighted by atomic mass is 35.5. The maximum absolute atomic E-state index is 16.4. The highest BCUT2D eigenvalue weighted by molar-refractivity contribution is 6.32. The third-order valence-electron chi connectivity index (χ3n) is 20.6. The van der Waals surface area contributed by atoms with E-state index in [0.717, 1.165) is 86.7 Å². The third-order valence-corrected chi connectivity index (χ3v) is 21.2. The van der Waals surface area contributed by atoms with Crippen molar-refractivity contribution in [1.82, 2.24) is 26.6 Å². The van der Waals surface area contributed by atoms with Gasteiger partial charge in [0.25, 0.3) is 0 Å². The van der Waals surface area contributed by atoms with Gasteiger partial charge in [0.05, 0.1) is 40.7 Å². The fourth-order valence-corrected chi connectivity index (χ4v) is 15.0. The number of carbonyl (C=O) groups is 9. The van der Waals surface area contributed by atoms with Crippen LogP contribution in [0.3, 0.4) is 0 Å². The average Bonchev–Trinajstić information content (AvgIpc) is 0.768. The molecule has 7 aliphatic rings. The summed E-state index contributed by atoms with van der Waals surface area (Å²) in [5.74, 6) is -18.9. The summed E-state index contributed by atoms with van der Waals surface area (Å²) in [6.07, 6.45) is -15.6. The fourth-order valence-electron chi connectivity index (χ4n) is 14.5. The van der Waals surface area contributed by atoms with Crippen molar-refractivity contribution in [2.45, 2.75) is 216 Å². The van der Waals surface area contributed by atoms with Crippen molar-refractivity contribution in [3.05, 3.63) is 117 Å². The van der Waals surface area contributed by atoms with Gasteiger partial charge in [-0.2, -0.15) is 0 Å². The minimum atomic E-state index is -2.29. The molecule has 7 heterocycles. The van der Waals surface area contributed by atoms with Crippen molar-refractivity contribution in [3.63, 3.8) is 0 Å². The number of ether oxygens (including phenoxy) is 7. The van der Waals surface area contributed by atoms with Gasteiger partial charge in [-0.3, -0.25) is 33.6 Å². The number of nitrogens with one attached hydrogen (secondary N) is 5. The lowest BCUT2D eigenvalue weighted by molar-refractivity contribution is -0.333. The normalized spacial score (nSPS) is 27.8. The number of primary amides is 1. The average molecular weight is 1600 g/mol. The number of hydrogen-bond acceptors (Lipinski definition) is 25. The highest BCUT2D eigenvalue weighted by Gasteiger charge is 2.52. The number of fused-ring (bicyclic) bond motifs is 15. The molecule has 2 saturated heterocycles. The SMILES string of the molecule is CCCCCCCCNC(=O)Oc1cc(O)c2c(c1)[C@@H](C(=O)O)NC(=O)[C@H]1NC(=O)[C@H](CC(=O)[C@@H]3NC(=O)[C@H](CC(N)=O)CC(=O)[C@H](NC(=O)[C@H](CC)CC(C)C)[C@H](O)c4ccc(c(Cl)c4)Oc4cc3cc(c4O[C@@H]3O[C@H](CO)[C@@H](O)[C@H](O)[C@H]3O[C@H]3C[C@](C)(N)[C@H](O)[C@H](C)O3)Oc3ccc(cc3Cl)[C@H]1O)c1ccc(O)c-2c1. The van der Waals surface area contributed by atoms with Gasteiger partial charge in [0.1, 0.15) is 77.4 Å². The molecule has 0 aliphatic carbocycles. The first-order valence-electron chi connectivity index (χ1n) is 37.1. The molecule has 32 nitrogen and oxygen atoms in total. The number of unbranched alkanes of at least 4 members (excludes halogenated alkanes) is 5. The second-order valence-corrected chi connectivity index (χ2v) is 30.4. The van der Waals surface area contributed by atoms with Gasteiger partial charge in [-0.05, 0) is 116 Å². The summed E-state index contributed by atoms with van der Waals surface area (Å²) in [6.45, 7) is 9.80. The van der Waals surface area contributed by atoms with E-state index >= 15 is 24.0 Å². The molecule has 7 aliphatic heterocycles. The number of benzene rings is 5. The van der Waals surface area contributed by atoms with Crippen molar-refractivity contribution in [3.8, 4) is 57.1 Å². The first-order chi connectivity index (χ1) is 53.1. The molecule has 0 saturated carbocycles. The van der Waals surface area contributed by atoms with E-state index in [9.17, 15) is 65.1 Å². The maximum atomic E-state index is 16.4. The summed E-state index contributed by atoms with van der Waals surface area (Å²) < 4.78 is 44.2. The van der Waals surface area contributed by atoms with Crippen LogP contribution in [-0.2, 0) is 52.6 Å². The summed E-state index contributed by atoms with van der Waals surface area (Å²) in [4.78, 5) is 133. The van der Waals surface area contributed by atoms with Gasteiger partial charge >= 0.3 is 12.1 Å². The van der Waals surface area contributed by atoms with Crippen molar-refractivity contribution in [2.24, 2.45) is 29.2 Å². The van der Waals surface area contributed by atoms with Crippen LogP contribution in [0.2, 0.25) is 10.0 Å². The Hall–Kier alpha value is -9.29. The van der Waals surface area contributed by atoms with E-state index in [2.05, 4.69) is 33.5 Å². The van der Waals surface area contributed by atoms with Crippen LogP contribution in [0, 0.1) is 17.8 Å². The highest BCUT2D eigenvalue weighted by Crippen LogP contribution is 2.51. The minimum Gasteiger partial charge on any atom is -0.507 e. The van der Waals surface area contributed by atoms with Gasteiger partial charge in [-0.15, -0.1) is 0 Å². The second-order valence-electron chi connectivity index (χ2n) is 29.6. The predicted octanol–water partition coefficient (Wildman–Crippen LogP) is 6.26. The van der Waals surface area contributed by atoms with E-state index in [-0.39, 0.29) is 64.1 Å². The molecule has 0 radical (unpaired) electrons. The number of nitrogens with two attached hydrogens (primary N) is 2. The monoisotopic (exact) mass is 1600 g/mol. The molecule has 0 aromatic heterocycles. The molecule has 0 unspecified atom stereocenters. The lowest BCUT2D eigenvalue weighted by Crippen LogP contribution is -2.64. The number of carbonyl (C=O) groups excluding carboxylic acids is 8. The Bertz CT molecular complexity index is 4360. The smallest absolute Gasteiger partial charge is 0.412 e. The molecular formula is C78H95Cl2N7O25. The van der Waals surface area contributed by atoms with Gasteiger partial charge in [-0.25, -0.2) is 9.59 Å². The molecule has 11 bridgehead atoms. The first kappa shape index (κ1) is 85.1. The second kappa shape index (κ2) is 36.7. The first-order valence-corrected chi connectivity index (χ1v) is 37.8. The van der Waals surface area contributed by atoms with Gasteiger partial charge in [0, 0.05) is 66.4 Å². The lowest BCUT2D eigenvalue weighted by atomic mass is 9.84. The van der Waals surface area contributed by atoms with Crippen molar-refractivity contribution < 1.29 is 122 Å². The number of halogens is 2. The number of amides is 6. The Morgan fingerprint density at radius 2 is 1.37 bits per heavy atom.